The highest BCUT2D eigenvalue weighted by molar-refractivity contribution is 5.88. The lowest BCUT2D eigenvalue weighted by Crippen LogP contribution is -2.04. The number of hydrogen-bond donors (Lipinski definition) is 3. The van der Waals surface area contributed by atoms with E-state index in [9.17, 15) is 4.79 Å². The van der Waals surface area contributed by atoms with Crippen LogP contribution in [0.2, 0.25) is 0 Å². The van der Waals surface area contributed by atoms with Crippen LogP contribution >= 0.6 is 0 Å². The van der Waals surface area contributed by atoms with Gasteiger partial charge in [-0.05, 0) is 6.07 Å². The molecule has 1 heterocycles. The molecular formula is C6H8N2O2. The number of hydrogen-bond acceptors (Lipinski definition) is 2. The second kappa shape index (κ2) is 2.53. The normalized spacial score (nSPS) is 9.70. The Bertz CT molecular complexity index is 242. The van der Waals surface area contributed by atoms with Crippen molar-refractivity contribution in [1.29, 1.82) is 0 Å². The number of H-pyrrole nitrogens is 1. The zero-order valence-electron chi connectivity index (χ0n) is 5.29. The second-order valence-corrected chi connectivity index (χ2v) is 1.88. The first kappa shape index (κ1) is 6.82. The molecule has 0 saturated carbocycles. The van der Waals surface area contributed by atoms with Gasteiger partial charge in [-0.2, -0.15) is 0 Å². The van der Waals surface area contributed by atoms with Crippen molar-refractivity contribution in [2.75, 3.05) is 0 Å². The third kappa shape index (κ3) is 1.01. The Morgan fingerprint density at radius 1 is 1.80 bits per heavy atom. The predicted molar refractivity (Wildman–Crippen MR) is 35.6 cm³/mol. The van der Waals surface area contributed by atoms with Crippen LogP contribution in [-0.2, 0) is 6.54 Å². The van der Waals surface area contributed by atoms with Crippen molar-refractivity contribution in [2.45, 2.75) is 6.54 Å². The number of aromatic carboxylic acids is 1. The van der Waals surface area contributed by atoms with Gasteiger partial charge in [0, 0.05) is 18.4 Å². The van der Waals surface area contributed by atoms with Gasteiger partial charge in [-0.3, -0.25) is 0 Å². The summed E-state index contributed by atoms with van der Waals surface area (Å²) in [6.45, 7) is 0.231. The minimum atomic E-state index is -0.943. The monoisotopic (exact) mass is 140 g/mol. The molecule has 1 rings (SSSR count). The summed E-state index contributed by atoms with van der Waals surface area (Å²) >= 11 is 0. The molecule has 0 aromatic carbocycles. The highest BCUT2D eigenvalue weighted by Gasteiger charge is 2.07. The molecule has 4 N–H and O–H groups in total. The van der Waals surface area contributed by atoms with E-state index in [1.165, 1.54) is 6.07 Å². The SMILES string of the molecule is NCc1[nH]ccc1C(=O)O. The van der Waals surface area contributed by atoms with Gasteiger partial charge in [0.25, 0.3) is 0 Å². The molecule has 0 saturated heterocycles. The first-order valence-corrected chi connectivity index (χ1v) is 2.85. The van der Waals surface area contributed by atoms with Crippen LogP contribution in [0.15, 0.2) is 12.3 Å². The van der Waals surface area contributed by atoms with E-state index in [2.05, 4.69) is 4.98 Å². The van der Waals surface area contributed by atoms with Gasteiger partial charge in [0.2, 0.25) is 0 Å². The van der Waals surface area contributed by atoms with E-state index in [1.807, 2.05) is 0 Å². The summed E-state index contributed by atoms with van der Waals surface area (Å²) in [6.07, 6.45) is 1.56. The Balaban J connectivity index is 3.01. The summed E-state index contributed by atoms with van der Waals surface area (Å²) < 4.78 is 0. The van der Waals surface area contributed by atoms with Gasteiger partial charge in [-0.25, -0.2) is 4.79 Å². The number of aromatic amines is 1. The first-order chi connectivity index (χ1) is 4.75. The molecule has 0 spiro atoms. The molecule has 0 bridgehead atoms. The van der Waals surface area contributed by atoms with Crippen molar-refractivity contribution in [3.8, 4) is 0 Å². The maximum Gasteiger partial charge on any atom is 0.337 e. The van der Waals surface area contributed by atoms with Crippen molar-refractivity contribution in [1.82, 2.24) is 4.98 Å². The van der Waals surface area contributed by atoms with Crippen LogP contribution in [0.1, 0.15) is 16.1 Å². The summed E-state index contributed by atoms with van der Waals surface area (Å²) in [4.78, 5) is 13.1. The van der Waals surface area contributed by atoms with E-state index in [1.54, 1.807) is 6.20 Å². The zero-order chi connectivity index (χ0) is 7.56. The standard InChI is InChI=1S/C6H8N2O2/c7-3-5-4(6(9)10)1-2-8-5/h1-2,8H,3,7H2,(H,9,10). The van der Waals surface area contributed by atoms with Crippen LogP contribution < -0.4 is 5.73 Å². The van der Waals surface area contributed by atoms with Crippen LogP contribution in [0.5, 0.6) is 0 Å². The average molecular weight is 140 g/mol. The number of nitrogens with two attached hydrogens (primary N) is 1. The Labute approximate surface area is 57.7 Å². The fourth-order valence-electron chi connectivity index (χ4n) is 0.773. The van der Waals surface area contributed by atoms with Gasteiger partial charge in [-0.1, -0.05) is 0 Å². The van der Waals surface area contributed by atoms with Gasteiger partial charge in [0.15, 0.2) is 0 Å². The number of carboxylic acid groups (broad SMARTS) is 1. The fraction of sp³-hybridized carbons (Fsp3) is 0.167. The minimum absolute atomic E-state index is 0.231. The van der Waals surface area contributed by atoms with Crippen LogP contribution in [0, 0.1) is 0 Å². The molecule has 0 aliphatic rings. The van der Waals surface area contributed by atoms with Crippen molar-refractivity contribution in [3.63, 3.8) is 0 Å². The van der Waals surface area contributed by atoms with Crippen LogP contribution in [-0.4, -0.2) is 16.1 Å². The van der Waals surface area contributed by atoms with Gasteiger partial charge >= 0.3 is 5.97 Å². The maximum atomic E-state index is 10.4. The highest BCUT2D eigenvalue weighted by atomic mass is 16.4. The Hall–Kier alpha value is -1.29. The lowest BCUT2D eigenvalue weighted by molar-refractivity contribution is 0.0696. The van der Waals surface area contributed by atoms with Crippen molar-refractivity contribution >= 4 is 5.97 Å². The third-order valence-electron chi connectivity index (χ3n) is 1.27. The summed E-state index contributed by atoms with van der Waals surface area (Å²) in [7, 11) is 0. The number of rotatable bonds is 2. The smallest absolute Gasteiger partial charge is 0.337 e. The first-order valence-electron chi connectivity index (χ1n) is 2.85. The van der Waals surface area contributed by atoms with E-state index in [-0.39, 0.29) is 12.1 Å². The lowest BCUT2D eigenvalue weighted by atomic mass is 10.2. The third-order valence-corrected chi connectivity index (χ3v) is 1.27. The molecular weight excluding hydrogens is 132 g/mol. The Kier molecular flexibility index (Phi) is 1.73. The molecule has 10 heavy (non-hydrogen) atoms. The fourth-order valence-corrected chi connectivity index (χ4v) is 0.773. The maximum absolute atomic E-state index is 10.4. The number of carboxylic acids is 1. The predicted octanol–water partition coefficient (Wildman–Crippen LogP) is 0.172. The molecule has 54 valence electrons. The van der Waals surface area contributed by atoms with Gasteiger partial charge in [0.05, 0.1) is 5.56 Å². The quantitative estimate of drug-likeness (QED) is 0.548. The van der Waals surface area contributed by atoms with Crippen LogP contribution in [0.3, 0.4) is 0 Å². The van der Waals surface area contributed by atoms with Crippen molar-refractivity contribution in [3.05, 3.63) is 23.5 Å². The van der Waals surface area contributed by atoms with Gasteiger partial charge in [-0.15, -0.1) is 0 Å². The summed E-state index contributed by atoms with van der Waals surface area (Å²) in [5.74, 6) is -0.943. The van der Waals surface area contributed by atoms with Gasteiger partial charge < -0.3 is 15.8 Å². The average Bonchev–Trinajstić information content (AvgIpc) is 2.33. The largest absolute Gasteiger partial charge is 0.478 e. The van der Waals surface area contributed by atoms with Crippen LogP contribution in [0.4, 0.5) is 0 Å². The molecule has 0 radical (unpaired) electrons. The molecule has 0 aliphatic carbocycles. The molecule has 0 unspecified atom stereocenters. The molecule has 0 atom stereocenters. The molecule has 0 aliphatic heterocycles. The number of aromatic nitrogens is 1. The van der Waals surface area contributed by atoms with Crippen molar-refractivity contribution in [2.24, 2.45) is 5.73 Å². The lowest BCUT2D eigenvalue weighted by Gasteiger charge is -1.92. The van der Waals surface area contributed by atoms with E-state index in [4.69, 9.17) is 10.8 Å². The molecule has 4 nitrogen and oxygen atoms in total. The summed E-state index contributed by atoms with van der Waals surface area (Å²) in [5.41, 5.74) is 6.05. The topological polar surface area (TPSA) is 79.1 Å². The number of carbonyl (C=O) groups is 1. The summed E-state index contributed by atoms with van der Waals surface area (Å²) in [6, 6.07) is 1.49. The highest BCUT2D eigenvalue weighted by Crippen LogP contribution is 2.04. The Morgan fingerprint density at radius 2 is 2.50 bits per heavy atom. The molecule has 4 heteroatoms. The van der Waals surface area contributed by atoms with E-state index in [0.29, 0.717) is 5.69 Å². The number of nitrogens with one attached hydrogen (secondary N) is 1. The van der Waals surface area contributed by atoms with E-state index >= 15 is 0 Å². The molecule has 1 aromatic rings. The minimum Gasteiger partial charge on any atom is -0.478 e. The van der Waals surface area contributed by atoms with Crippen LogP contribution in [0.25, 0.3) is 0 Å². The van der Waals surface area contributed by atoms with E-state index in [0.717, 1.165) is 0 Å². The van der Waals surface area contributed by atoms with E-state index < -0.39 is 5.97 Å². The van der Waals surface area contributed by atoms with Crippen molar-refractivity contribution < 1.29 is 9.90 Å². The molecule has 1 aromatic heterocycles. The molecule has 0 fully saturated rings. The van der Waals surface area contributed by atoms with Gasteiger partial charge in [0.1, 0.15) is 0 Å². The second-order valence-electron chi connectivity index (χ2n) is 1.88. The zero-order valence-corrected chi connectivity index (χ0v) is 5.29. The summed E-state index contributed by atoms with van der Waals surface area (Å²) in [5, 5.41) is 8.51. The molecule has 0 amide bonds. The Morgan fingerprint density at radius 3 is 2.90 bits per heavy atom.